The van der Waals surface area contributed by atoms with E-state index >= 15 is 0 Å². The zero-order valence-electron chi connectivity index (χ0n) is 12.4. The number of alkyl halides is 3. The van der Waals surface area contributed by atoms with Crippen LogP contribution >= 0.6 is 47.8 Å². The Bertz CT molecular complexity index is 549. The van der Waals surface area contributed by atoms with Crippen molar-refractivity contribution in [2.24, 2.45) is 0 Å². The van der Waals surface area contributed by atoms with Crippen LogP contribution in [-0.2, 0) is 28.6 Å². The highest BCUT2D eigenvalue weighted by atomic mass is 79.9. The quantitative estimate of drug-likeness (QED) is 0.227. The normalized spacial score (nSPS) is 32.1. The third kappa shape index (κ3) is 5.03. The molecule has 132 valence electrons. The molecule has 6 atom stereocenters. The zero-order chi connectivity index (χ0) is 18.4. The molecule has 1 fully saturated rings. The first kappa shape index (κ1) is 21.1. The molecule has 0 aliphatic heterocycles. The standard InChI is InChI=1S/C15H15Br3O6/c1-4-7(19)22-13-10(16)11(17)14(23-8(20)5-2)15(12(13)18)24-9(21)6-3/h4-6,10-15H,1-3H2. The average molecular weight is 531 g/mol. The molecule has 0 amide bonds. The van der Waals surface area contributed by atoms with Gasteiger partial charge in [-0.05, 0) is 0 Å². The highest BCUT2D eigenvalue weighted by Gasteiger charge is 2.53. The first-order valence-corrected chi connectivity index (χ1v) is 9.42. The van der Waals surface area contributed by atoms with E-state index in [9.17, 15) is 14.4 Å². The number of carbonyl (C=O) groups is 3. The maximum Gasteiger partial charge on any atom is 0.330 e. The van der Waals surface area contributed by atoms with Crippen molar-refractivity contribution < 1.29 is 28.6 Å². The van der Waals surface area contributed by atoms with Gasteiger partial charge in [0.25, 0.3) is 0 Å². The van der Waals surface area contributed by atoms with Gasteiger partial charge in [-0.15, -0.1) is 0 Å². The summed E-state index contributed by atoms with van der Waals surface area (Å²) in [4.78, 5) is 33.2. The Morgan fingerprint density at radius 3 is 1.29 bits per heavy atom. The summed E-state index contributed by atoms with van der Waals surface area (Å²) < 4.78 is 15.9. The summed E-state index contributed by atoms with van der Waals surface area (Å²) in [6.45, 7) is 10.0. The summed E-state index contributed by atoms with van der Waals surface area (Å²) in [5.74, 6) is -2.01. The summed E-state index contributed by atoms with van der Waals surface area (Å²) in [5.41, 5.74) is 0. The maximum absolute atomic E-state index is 11.6. The van der Waals surface area contributed by atoms with E-state index in [1.54, 1.807) is 0 Å². The van der Waals surface area contributed by atoms with Gasteiger partial charge in [0.15, 0.2) is 12.2 Å². The smallest absolute Gasteiger partial charge is 0.330 e. The van der Waals surface area contributed by atoms with E-state index in [4.69, 9.17) is 14.2 Å². The van der Waals surface area contributed by atoms with Crippen LogP contribution in [0.3, 0.4) is 0 Å². The van der Waals surface area contributed by atoms with Crippen molar-refractivity contribution in [1.29, 1.82) is 0 Å². The molecule has 0 N–H and O–H groups in total. The van der Waals surface area contributed by atoms with Gasteiger partial charge >= 0.3 is 17.9 Å². The molecule has 1 aliphatic carbocycles. The van der Waals surface area contributed by atoms with Crippen LogP contribution < -0.4 is 0 Å². The minimum absolute atomic E-state index is 0.438. The van der Waals surface area contributed by atoms with Crippen LogP contribution in [0.5, 0.6) is 0 Å². The molecule has 0 aromatic heterocycles. The van der Waals surface area contributed by atoms with E-state index in [1.165, 1.54) is 0 Å². The van der Waals surface area contributed by atoms with Gasteiger partial charge in [0, 0.05) is 18.2 Å². The van der Waals surface area contributed by atoms with Crippen LogP contribution in [0.2, 0.25) is 0 Å². The van der Waals surface area contributed by atoms with Crippen molar-refractivity contribution in [3.05, 3.63) is 38.0 Å². The average Bonchev–Trinajstić information content (AvgIpc) is 2.58. The van der Waals surface area contributed by atoms with E-state index < -0.39 is 50.7 Å². The lowest BCUT2D eigenvalue weighted by atomic mass is 9.91. The SMILES string of the molecule is C=CC(=O)OC1C(Br)C(Br)C(OC(=O)C=C)C(OC(=O)C=C)C1Br. The van der Waals surface area contributed by atoms with Crippen molar-refractivity contribution in [2.75, 3.05) is 0 Å². The van der Waals surface area contributed by atoms with Gasteiger partial charge in [-0.2, -0.15) is 0 Å². The monoisotopic (exact) mass is 528 g/mol. The minimum atomic E-state index is -0.930. The Hall–Kier alpha value is -0.930. The summed E-state index contributed by atoms with van der Waals surface area (Å²) in [5, 5.41) is 0. The minimum Gasteiger partial charge on any atom is -0.457 e. The van der Waals surface area contributed by atoms with Crippen LogP contribution in [0, 0.1) is 0 Å². The molecule has 1 saturated carbocycles. The molecule has 0 saturated heterocycles. The summed E-state index contributed by atoms with van der Waals surface area (Å²) in [7, 11) is 0. The van der Waals surface area contributed by atoms with Crippen LogP contribution in [0.1, 0.15) is 0 Å². The molecule has 1 rings (SSSR count). The van der Waals surface area contributed by atoms with Crippen molar-refractivity contribution in [2.45, 2.75) is 32.8 Å². The molecular formula is C15H15Br3O6. The van der Waals surface area contributed by atoms with Gasteiger partial charge in [0.2, 0.25) is 0 Å². The summed E-state index contributed by atoms with van der Waals surface area (Å²) in [6.07, 6.45) is 0.508. The fraction of sp³-hybridized carbons (Fsp3) is 0.400. The largest absolute Gasteiger partial charge is 0.457 e. The molecule has 0 spiro atoms. The summed E-state index contributed by atoms with van der Waals surface area (Å²) in [6, 6.07) is 0. The van der Waals surface area contributed by atoms with Crippen LogP contribution in [0.15, 0.2) is 38.0 Å². The number of carbonyl (C=O) groups excluding carboxylic acids is 3. The van der Waals surface area contributed by atoms with Gasteiger partial charge in [-0.3, -0.25) is 0 Å². The molecule has 6 unspecified atom stereocenters. The predicted octanol–water partition coefficient (Wildman–Crippen LogP) is 2.58. The Morgan fingerprint density at radius 1 is 0.625 bits per heavy atom. The molecule has 0 heterocycles. The van der Waals surface area contributed by atoms with Crippen LogP contribution in [-0.4, -0.2) is 50.7 Å². The molecule has 0 radical (unpaired) electrons. The Labute approximate surface area is 164 Å². The van der Waals surface area contributed by atoms with E-state index in [0.717, 1.165) is 18.2 Å². The number of rotatable bonds is 6. The number of halogens is 3. The molecular weight excluding hydrogens is 516 g/mol. The number of esters is 3. The zero-order valence-corrected chi connectivity index (χ0v) is 17.2. The Morgan fingerprint density at radius 2 is 0.917 bits per heavy atom. The van der Waals surface area contributed by atoms with Crippen molar-refractivity contribution in [3.8, 4) is 0 Å². The number of hydrogen-bond donors (Lipinski definition) is 0. The van der Waals surface area contributed by atoms with Crippen LogP contribution in [0.4, 0.5) is 0 Å². The molecule has 1 aliphatic rings. The highest BCUT2D eigenvalue weighted by Crippen LogP contribution is 2.39. The van der Waals surface area contributed by atoms with Gasteiger partial charge in [0.05, 0.1) is 14.5 Å². The van der Waals surface area contributed by atoms with Crippen molar-refractivity contribution in [3.63, 3.8) is 0 Å². The van der Waals surface area contributed by atoms with Gasteiger partial charge in [0.1, 0.15) is 6.10 Å². The lowest BCUT2D eigenvalue weighted by Crippen LogP contribution is -2.61. The fourth-order valence-corrected chi connectivity index (χ4v) is 4.73. The topological polar surface area (TPSA) is 78.9 Å². The Balaban J connectivity index is 3.14. The second-order valence-electron chi connectivity index (χ2n) is 4.65. The lowest BCUT2D eigenvalue weighted by molar-refractivity contribution is -0.169. The molecule has 0 aromatic carbocycles. The third-order valence-electron chi connectivity index (χ3n) is 3.14. The first-order chi connectivity index (χ1) is 11.3. The van der Waals surface area contributed by atoms with E-state index in [0.29, 0.717) is 0 Å². The first-order valence-electron chi connectivity index (χ1n) is 6.68. The van der Waals surface area contributed by atoms with Crippen molar-refractivity contribution >= 4 is 65.7 Å². The second-order valence-corrected chi connectivity index (χ2v) is 7.82. The molecule has 24 heavy (non-hydrogen) atoms. The van der Waals surface area contributed by atoms with E-state index in [1.807, 2.05) is 0 Å². The maximum atomic E-state index is 11.6. The predicted molar refractivity (Wildman–Crippen MR) is 98.4 cm³/mol. The third-order valence-corrected chi connectivity index (χ3v) is 7.07. The molecule has 6 nitrogen and oxygen atoms in total. The molecule has 9 heteroatoms. The van der Waals surface area contributed by atoms with Gasteiger partial charge in [-0.1, -0.05) is 67.5 Å². The van der Waals surface area contributed by atoms with Gasteiger partial charge < -0.3 is 14.2 Å². The Kier molecular flexibility index (Phi) is 8.38. The fourth-order valence-electron chi connectivity index (χ4n) is 2.03. The lowest BCUT2D eigenvalue weighted by Gasteiger charge is -2.43. The van der Waals surface area contributed by atoms with E-state index in [-0.39, 0.29) is 0 Å². The number of ether oxygens (including phenoxy) is 3. The molecule has 0 aromatic rings. The second kappa shape index (κ2) is 9.53. The summed E-state index contributed by atoms with van der Waals surface area (Å²) >= 11 is 10.2. The van der Waals surface area contributed by atoms with Crippen molar-refractivity contribution in [1.82, 2.24) is 0 Å². The van der Waals surface area contributed by atoms with Gasteiger partial charge in [-0.25, -0.2) is 14.4 Å². The van der Waals surface area contributed by atoms with Crippen LogP contribution in [0.25, 0.3) is 0 Å². The van der Waals surface area contributed by atoms with E-state index in [2.05, 4.69) is 67.5 Å². The highest BCUT2D eigenvalue weighted by molar-refractivity contribution is 9.12. The molecule has 0 bridgehead atoms. The number of hydrogen-bond acceptors (Lipinski definition) is 6.